The molecule has 9 heteroatoms. The Morgan fingerprint density at radius 3 is 1.70 bits per heavy atom. The number of nitrogens with one attached hydrogen (secondary N) is 2. The second-order valence-corrected chi connectivity index (χ2v) is 11.7. The highest BCUT2D eigenvalue weighted by Crippen LogP contribution is 2.31. The summed E-state index contributed by atoms with van der Waals surface area (Å²) in [4.78, 5) is 59.1. The van der Waals surface area contributed by atoms with Crippen molar-refractivity contribution in [3.8, 4) is 0 Å². The second kappa shape index (κ2) is 13.2. The Balaban J connectivity index is 1.00. The molecule has 0 bridgehead atoms. The van der Waals surface area contributed by atoms with E-state index in [4.69, 9.17) is 0 Å². The summed E-state index contributed by atoms with van der Waals surface area (Å²) in [5.74, 6) is -0.310. The third-order valence-electron chi connectivity index (χ3n) is 8.82. The molecular formula is C35H37N5O4. The summed E-state index contributed by atoms with van der Waals surface area (Å²) in [5, 5.41) is 5.94. The van der Waals surface area contributed by atoms with E-state index in [9.17, 15) is 19.2 Å². The normalized spacial score (nSPS) is 20.0. The van der Waals surface area contributed by atoms with Gasteiger partial charge >= 0.3 is 0 Å². The molecule has 3 aromatic rings. The van der Waals surface area contributed by atoms with Gasteiger partial charge in [-0.15, -0.1) is 0 Å². The first kappa shape index (κ1) is 29.3. The van der Waals surface area contributed by atoms with Gasteiger partial charge in [0.1, 0.15) is 17.8 Å². The first-order valence-electron chi connectivity index (χ1n) is 15.5. The lowest BCUT2D eigenvalue weighted by Gasteiger charge is -2.32. The number of pyridine rings is 1. The van der Waals surface area contributed by atoms with Gasteiger partial charge in [0.15, 0.2) is 0 Å². The van der Waals surface area contributed by atoms with Crippen LogP contribution in [0.1, 0.15) is 66.6 Å². The Kier molecular flexibility index (Phi) is 8.81. The lowest BCUT2D eigenvalue weighted by Crippen LogP contribution is -2.46. The number of hydrogen-bond donors (Lipinski definition) is 2. The SMILES string of the molecule is O=C(Nc1ccc(/C=C/c2ccc(NC(=O)[C@@H]3CCCN3C(=O)C3CCC3)cc2)cc1)[C@@H]1CCCN1C(=O)c1ccccn1. The Morgan fingerprint density at radius 2 is 1.20 bits per heavy atom. The largest absolute Gasteiger partial charge is 0.330 e. The van der Waals surface area contributed by atoms with Crippen molar-refractivity contribution in [2.24, 2.45) is 5.92 Å². The molecule has 226 valence electrons. The van der Waals surface area contributed by atoms with E-state index in [1.54, 1.807) is 34.2 Å². The van der Waals surface area contributed by atoms with Gasteiger partial charge in [-0.25, -0.2) is 0 Å². The number of aromatic nitrogens is 1. The molecule has 2 aromatic carbocycles. The standard InChI is InChI=1S/C35H37N5O4/c41-32(30-9-4-22-39(30)34(43)26-6-3-7-26)37-27-17-13-24(14-18-27)11-12-25-15-19-28(20-16-25)38-33(42)31-10-5-23-40(31)35(44)29-8-1-2-21-36-29/h1-2,8,11-21,26,30-31H,3-7,9-10,22-23H2,(H,37,41)(H,38,42)/b12-11+/t30-,31-/m0/s1. The Labute approximate surface area is 257 Å². The summed E-state index contributed by atoms with van der Waals surface area (Å²) in [6.45, 7) is 1.20. The molecule has 3 fully saturated rings. The van der Waals surface area contributed by atoms with Crippen molar-refractivity contribution in [2.45, 2.75) is 57.0 Å². The van der Waals surface area contributed by atoms with Gasteiger partial charge in [-0.1, -0.05) is 48.9 Å². The molecule has 44 heavy (non-hydrogen) atoms. The van der Waals surface area contributed by atoms with Crippen LogP contribution < -0.4 is 10.6 Å². The van der Waals surface area contributed by atoms with Gasteiger partial charge in [-0.3, -0.25) is 24.2 Å². The predicted molar refractivity (Wildman–Crippen MR) is 169 cm³/mol. The van der Waals surface area contributed by atoms with Crippen molar-refractivity contribution < 1.29 is 19.2 Å². The summed E-state index contributed by atoms with van der Waals surface area (Å²) in [6.07, 6.45) is 11.5. The van der Waals surface area contributed by atoms with E-state index in [0.717, 1.165) is 43.2 Å². The van der Waals surface area contributed by atoms with E-state index in [1.165, 1.54) is 0 Å². The average Bonchev–Trinajstić information content (AvgIpc) is 3.72. The van der Waals surface area contributed by atoms with E-state index < -0.39 is 6.04 Å². The predicted octanol–water partition coefficient (Wildman–Crippen LogP) is 5.22. The van der Waals surface area contributed by atoms with Crippen LogP contribution in [0.25, 0.3) is 12.2 Å². The number of anilines is 2. The lowest BCUT2D eigenvalue weighted by molar-refractivity contribution is -0.142. The van der Waals surface area contributed by atoms with Crippen LogP contribution in [-0.4, -0.2) is 63.6 Å². The minimum Gasteiger partial charge on any atom is -0.330 e. The molecule has 6 rings (SSSR count). The van der Waals surface area contributed by atoms with Gasteiger partial charge in [0.25, 0.3) is 5.91 Å². The smallest absolute Gasteiger partial charge is 0.273 e. The van der Waals surface area contributed by atoms with Crippen LogP contribution in [0.15, 0.2) is 72.9 Å². The number of carbonyl (C=O) groups is 4. The van der Waals surface area contributed by atoms with Crippen molar-refractivity contribution in [1.82, 2.24) is 14.8 Å². The Hall–Kier alpha value is -4.79. The molecule has 0 radical (unpaired) electrons. The zero-order chi connectivity index (χ0) is 30.5. The number of amides is 4. The number of rotatable bonds is 8. The molecule has 2 N–H and O–H groups in total. The first-order chi connectivity index (χ1) is 21.5. The fourth-order valence-electron chi connectivity index (χ4n) is 6.11. The zero-order valence-electron chi connectivity index (χ0n) is 24.7. The van der Waals surface area contributed by atoms with Crippen LogP contribution in [0.4, 0.5) is 11.4 Å². The number of benzene rings is 2. The molecule has 0 spiro atoms. The molecule has 3 heterocycles. The van der Waals surface area contributed by atoms with Crippen LogP contribution in [0.2, 0.25) is 0 Å². The highest BCUT2D eigenvalue weighted by atomic mass is 16.2. The van der Waals surface area contributed by atoms with Crippen LogP contribution in [0.3, 0.4) is 0 Å². The molecule has 4 amide bonds. The Bertz CT molecular complexity index is 1530. The molecule has 2 aliphatic heterocycles. The topological polar surface area (TPSA) is 112 Å². The third-order valence-corrected chi connectivity index (χ3v) is 8.82. The molecular weight excluding hydrogens is 554 g/mol. The van der Waals surface area contributed by atoms with E-state index >= 15 is 0 Å². The second-order valence-electron chi connectivity index (χ2n) is 11.7. The zero-order valence-corrected chi connectivity index (χ0v) is 24.7. The van der Waals surface area contributed by atoms with Gasteiger partial charge in [-0.05, 0) is 86.1 Å². The minimum atomic E-state index is -0.524. The van der Waals surface area contributed by atoms with Crippen LogP contribution in [0.5, 0.6) is 0 Å². The summed E-state index contributed by atoms with van der Waals surface area (Å²) in [6, 6.07) is 19.4. The van der Waals surface area contributed by atoms with Gasteiger partial charge < -0.3 is 20.4 Å². The van der Waals surface area contributed by atoms with Crippen molar-refractivity contribution in [3.05, 3.63) is 89.7 Å². The van der Waals surface area contributed by atoms with Crippen molar-refractivity contribution in [1.29, 1.82) is 0 Å². The van der Waals surface area contributed by atoms with E-state index in [0.29, 0.717) is 43.0 Å². The lowest BCUT2D eigenvalue weighted by atomic mass is 9.84. The van der Waals surface area contributed by atoms with Gasteiger partial charge in [0, 0.05) is 36.6 Å². The highest BCUT2D eigenvalue weighted by Gasteiger charge is 2.39. The van der Waals surface area contributed by atoms with E-state index in [2.05, 4.69) is 15.6 Å². The molecule has 1 aliphatic carbocycles. The molecule has 2 atom stereocenters. The Morgan fingerprint density at radius 1 is 0.659 bits per heavy atom. The van der Waals surface area contributed by atoms with Crippen molar-refractivity contribution >= 4 is 47.2 Å². The highest BCUT2D eigenvalue weighted by molar-refractivity contribution is 6.01. The van der Waals surface area contributed by atoms with E-state index in [1.807, 2.05) is 60.7 Å². The molecule has 9 nitrogen and oxygen atoms in total. The maximum Gasteiger partial charge on any atom is 0.273 e. The third kappa shape index (κ3) is 6.56. The fourth-order valence-corrected chi connectivity index (χ4v) is 6.11. The summed E-state index contributed by atoms with van der Waals surface area (Å²) in [7, 11) is 0. The van der Waals surface area contributed by atoms with Crippen LogP contribution in [0, 0.1) is 5.92 Å². The number of nitrogens with zero attached hydrogens (tertiary/aromatic N) is 3. The number of carbonyl (C=O) groups excluding carboxylic acids is 4. The summed E-state index contributed by atoms with van der Waals surface area (Å²) < 4.78 is 0. The molecule has 3 aliphatic rings. The minimum absolute atomic E-state index is 0.0994. The summed E-state index contributed by atoms with van der Waals surface area (Å²) in [5.41, 5.74) is 3.65. The monoisotopic (exact) mass is 591 g/mol. The number of hydrogen-bond acceptors (Lipinski definition) is 5. The quantitative estimate of drug-likeness (QED) is 0.349. The number of likely N-dealkylation sites (tertiary alicyclic amines) is 2. The fraction of sp³-hybridized carbons (Fsp3) is 0.343. The molecule has 1 saturated carbocycles. The van der Waals surface area contributed by atoms with Crippen molar-refractivity contribution in [3.63, 3.8) is 0 Å². The van der Waals surface area contributed by atoms with Crippen molar-refractivity contribution in [2.75, 3.05) is 23.7 Å². The van der Waals surface area contributed by atoms with E-state index in [-0.39, 0.29) is 35.6 Å². The van der Waals surface area contributed by atoms with Crippen LogP contribution >= 0.6 is 0 Å². The average molecular weight is 592 g/mol. The molecule has 2 saturated heterocycles. The summed E-state index contributed by atoms with van der Waals surface area (Å²) >= 11 is 0. The van der Waals surface area contributed by atoms with Gasteiger partial charge in [0.05, 0.1) is 0 Å². The molecule has 0 unspecified atom stereocenters. The maximum absolute atomic E-state index is 13.0. The first-order valence-corrected chi connectivity index (χ1v) is 15.5. The molecule has 1 aromatic heterocycles. The van der Waals surface area contributed by atoms with Gasteiger partial charge in [-0.2, -0.15) is 0 Å². The maximum atomic E-state index is 13.0. The van der Waals surface area contributed by atoms with Gasteiger partial charge in [0.2, 0.25) is 17.7 Å². The van der Waals surface area contributed by atoms with Crippen LogP contribution in [-0.2, 0) is 14.4 Å².